The van der Waals surface area contributed by atoms with Crippen LogP contribution in [0.5, 0.6) is 0 Å². The molecule has 4 aromatic rings. The number of nitrogens with zero attached hydrogens (tertiary/aromatic N) is 5. The summed E-state index contributed by atoms with van der Waals surface area (Å²) in [6, 6.07) is 10.9. The average molecular weight is 409 g/mol. The molecule has 0 aliphatic carbocycles. The Morgan fingerprint density at radius 1 is 1.24 bits per heavy atom. The van der Waals surface area contributed by atoms with E-state index < -0.39 is 0 Å². The van der Waals surface area contributed by atoms with Crippen molar-refractivity contribution < 1.29 is 9.32 Å². The quantitative estimate of drug-likeness (QED) is 0.524. The molecule has 29 heavy (non-hydrogen) atoms. The third-order valence-electron chi connectivity index (χ3n) is 4.20. The molecule has 0 aliphatic rings. The number of rotatable bonds is 6. The van der Waals surface area contributed by atoms with Crippen molar-refractivity contribution >= 4 is 17.5 Å². The molecule has 1 aromatic carbocycles. The zero-order valence-corrected chi connectivity index (χ0v) is 16.3. The summed E-state index contributed by atoms with van der Waals surface area (Å²) in [7, 11) is 0. The number of halogens is 1. The molecular formula is C20H17ClN6O2. The fourth-order valence-electron chi connectivity index (χ4n) is 2.69. The summed E-state index contributed by atoms with van der Waals surface area (Å²) in [4.78, 5) is 25.2. The van der Waals surface area contributed by atoms with E-state index in [0.29, 0.717) is 35.5 Å². The lowest BCUT2D eigenvalue weighted by molar-refractivity contribution is 0.0946. The van der Waals surface area contributed by atoms with Crippen molar-refractivity contribution in [3.8, 4) is 17.3 Å². The van der Waals surface area contributed by atoms with Gasteiger partial charge in [-0.1, -0.05) is 35.8 Å². The van der Waals surface area contributed by atoms with Gasteiger partial charge in [0, 0.05) is 35.9 Å². The molecule has 8 nitrogen and oxygen atoms in total. The van der Waals surface area contributed by atoms with E-state index in [2.05, 4.69) is 25.4 Å². The number of aryl methyl sites for hydroxylation is 1. The van der Waals surface area contributed by atoms with Crippen molar-refractivity contribution in [1.29, 1.82) is 0 Å². The van der Waals surface area contributed by atoms with Crippen LogP contribution in [0.25, 0.3) is 17.3 Å². The van der Waals surface area contributed by atoms with Crippen LogP contribution in [0.2, 0.25) is 5.02 Å². The Bertz CT molecular complexity index is 1150. The number of carbonyl (C=O) groups excluding carboxylic acids is 1. The third-order valence-corrected chi connectivity index (χ3v) is 4.43. The summed E-state index contributed by atoms with van der Waals surface area (Å²) >= 11 is 5.96. The number of pyridine rings is 1. The standard InChI is InChI=1S/C20H17ClN6O2/c1-2-17-25-20(29-26-17)14-6-7-22-18(9-14)27-11-16(24-12-27)19(28)23-10-13-4-3-5-15(21)8-13/h3-9,11-12H,2,10H2,1H3,(H,23,28). The van der Waals surface area contributed by atoms with E-state index >= 15 is 0 Å². The van der Waals surface area contributed by atoms with Gasteiger partial charge in [0.15, 0.2) is 5.82 Å². The first kappa shape index (κ1) is 18.8. The molecule has 146 valence electrons. The largest absolute Gasteiger partial charge is 0.347 e. The molecule has 3 heterocycles. The Labute approximate surface area is 171 Å². The molecule has 0 spiro atoms. The van der Waals surface area contributed by atoms with Crippen molar-refractivity contribution in [3.63, 3.8) is 0 Å². The molecule has 0 atom stereocenters. The van der Waals surface area contributed by atoms with E-state index in [1.54, 1.807) is 41.2 Å². The Morgan fingerprint density at radius 3 is 2.93 bits per heavy atom. The Hall–Kier alpha value is -3.52. The van der Waals surface area contributed by atoms with E-state index in [1.807, 2.05) is 19.1 Å². The Morgan fingerprint density at radius 2 is 2.14 bits per heavy atom. The first-order valence-corrected chi connectivity index (χ1v) is 9.36. The van der Waals surface area contributed by atoms with Crippen molar-refractivity contribution in [2.75, 3.05) is 0 Å². The lowest BCUT2D eigenvalue weighted by atomic mass is 10.2. The van der Waals surface area contributed by atoms with Crippen LogP contribution in [-0.2, 0) is 13.0 Å². The molecule has 0 fully saturated rings. The third kappa shape index (κ3) is 4.33. The molecule has 0 aliphatic heterocycles. The topological polar surface area (TPSA) is 98.7 Å². The molecular weight excluding hydrogens is 392 g/mol. The second-order valence-corrected chi connectivity index (χ2v) is 6.69. The molecule has 0 saturated heterocycles. The van der Waals surface area contributed by atoms with Gasteiger partial charge in [0.2, 0.25) is 0 Å². The van der Waals surface area contributed by atoms with Crippen LogP contribution in [0.4, 0.5) is 0 Å². The minimum absolute atomic E-state index is 0.283. The number of benzene rings is 1. The van der Waals surface area contributed by atoms with Crippen LogP contribution < -0.4 is 5.32 Å². The van der Waals surface area contributed by atoms with Crippen LogP contribution >= 0.6 is 11.6 Å². The van der Waals surface area contributed by atoms with Crippen molar-refractivity contribution in [1.82, 2.24) is 30.0 Å². The second-order valence-electron chi connectivity index (χ2n) is 6.25. The maximum absolute atomic E-state index is 12.4. The van der Waals surface area contributed by atoms with Gasteiger partial charge in [-0.3, -0.25) is 9.36 Å². The lowest BCUT2D eigenvalue weighted by Crippen LogP contribution is -2.23. The van der Waals surface area contributed by atoms with E-state index in [4.69, 9.17) is 16.1 Å². The summed E-state index contributed by atoms with van der Waals surface area (Å²) in [5.41, 5.74) is 1.93. The molecule has 0 saturated carbocycles. The number of nitrogens with one attached hydrogen (secondary N) is 1. The number of aromatic nitrogens is 5. The first-order chi connectivity index (χ1) is 14.1. The number of hydrogen-bond donors (Lipinski definition) is 1. The van der Waals surface area contributed by atoms with E-state index in [-0.39, 0.29) is 11.6 Å². The highest BCUT2D eigenvalue weighted by Crippen LogP contribution is 2.19. The molecule has 4 rings (SSSR count). The minimum Gasteiger partial charge on any atom is -0.347 e. The minimum atomic E-state index is -0.288. The zero-order valence-electron chi connectivity index (χ0n) is 15.5. The highest BCUT2D eigenvalue weighted by molar-refractivity contribution is 6.30. The number of imidazole rings is 1. The highest BCUT2D eigenvalue weighted by Gasteiger charge is 2.13. The van der Waals surface area contributed by atoms with Crippen LogP contribution in [-0.4, -0.2) is 30.6 Å². The van der Waals surface area contributed by atoms with Gasteiger partial charge in [-0.05, 0) is 29.8 Å². The zero-order chi connectivity index (χ0) is 20.2. The normalized spacial score (nSPS) is 10.8. The summed E-state index contributed by atoms with van der Waals surface area (Å²) in [6.45, 7) is 2.31. The Balaban J connectivity index is 1.48. The number of carbonyl (C=O) groups is 1. The van der Waals surface area contributed by atoms with Gasteiger partial charge in [-0.15, -0.1) is 0 Å². The van der Waals surface area contributed by atoms with Crippen molar-refractivity contribution in [2.45, 2.75) is 19.9 Å². The van der Waals surface area contributed by atoms with Crippen molar-refractivity contribution in [2.24, 2.45) is 0 Å². The molecule has 9 heteroatoms. The maximum Gasteiger partial charge on any atom is 0.271 e. The van der Waals surface area contributed by atoms with Gasteiger partial charge in [-0.2, -0.15) is 4.98 Å². The SMILES string of the molecule is CCc1noc(-c2ccnc(-n3cnc(C(=O)NCc4cccc(Cl)c4)c3)c2)n1. The molecule has 3 aromatic heterocycles. The summed E-state index contributed by atoms with van der Waals surface area (Å²) in [5, 5.41) is 7.36. The van der Waals surface area contributed by atoms with E-state index in [9.17, 15) is 4.79 Å². The number of amides is 1. The molecule has 0 radical (unpaired) electrons. The van der Waals surface area contributed by atoms with E-state index in [0.717, 1.165) is 11.1 Å². The van der Waals surface area contributed by atoms with Gasteiger partial charge in [0.1, 0.15) is 17.8 Å². The molecule has 1 N–H and O–H groups in total. The maximum atomic E-state index is 12.4. The van der Waals surface area contributed by atoms with E-state index in [1.165, 1.54) is 6.33 Å². The molecule has 0 unspecified atom stereocenters. The lowest BCUT2D eigenvalue weighted by Gasteiger charge is -2.04. The fraction of sp³-hybridized carbons (Fsp3) is 0.150. The smallest absolute Gasteiger partial charge is 0.271 e. The van der Waals surface area contributed by atoms with Crippen LogP contribution in [0.1, 0.15) is 28.8 Å². The monoisotopic (exact) mass is 408 g/mol. The summed E-state index contributed by atoms with van der Waals surface area (Å²) < 4.78 is 6.93. The van der Waals surface area contributed by atoms with Gasteiger partial charge >= 0.3 is 0 Å². The second kappa shape index (κ2) is 8.24. The summed E-state index contributed by atoms with van der Waals surface area (Å²) in [6.07, 6.45) is 5.48. The fourth-order valence-corrected chi connectivity index (χ4v) is 2.91. The van der Waals surface area contributed by atoms with Gasteiger partial charge in [0.25, 0.3) is 11.8 Å². The first-order valence-electron chi connectivity index (χ1n) is 8.98. The van der Waals surface area contributed by atoms with Crippen LogP contribution in [0, 0.1) is 0 Å². The summed E-state index contributed by atoms with van der Waals surface area (Å²) in [5.74, 6) is 1.36. The van der Waals surface area contributed by atoms with Gasteiger partial charge in [0.05, 0.1) is 0 Å². The Kier molecular flexibility index (Phi) is 5.35. The molecule has 1 amide bonds. The predicted octanol–water partition coefficient (Wildman–Crippen LogP) is 3.46. The molecule has 0 bridgehead atoms. The van der Waals surface area contributed by atoms with Gasteiger partial charge in [-0.25, -0.2) is 9.97 Å². The predicted molar refractivity (Wildman–Crippen MR) is 107 cm³/mol. The number of hydrogen-bond acceptors (Lipinski definition) is 6. The van der Waals surface area contributed by atoms with Crippen LogP contribution in [0.3, 0.4) is 0 Å². The average Bonchev–Trinajstić information content (AvgIpc) is 3.42. The van der Waals surface area contributed by atoms with Crippen LogP contribution in [0.15, 0.2) is 59.6 Å². The highest BCUT2D eigenvalue weighted by atomic mass is 35.5. The van der Waals surface area contributed by atoms with Crippen molar-refractivity contribution in [3.05, 3.63) is 77.2 Å². The van der Waals surface area contributed by atoms with Gasteiger partial charge < -0.3 is 9.84 Å².